The lowest BCUT2D eigenvalue weighted by molar-refractivity contribution is -0.158. The standard InChI is InChI=1S/C15H22O5/c1-4-19-13(17)9-11(3)10-15(14(18)20-5-2)8-6-7-12(15)16/h9H,4-8,10H2,1-3H3/b11-9-/t15-/m0/s1. The van der Waals surface area contributed by atoms with E-state index >= 15 is 0 Å². The van der Waals surface area contributed by atoms with Gasteiger partial charge in [0.1, 0.15) is 5.41 Å². The van der Waals surface area contributed by atoms with Crippen LogP contribution in [0.4, 0.5) is 0 Å². The van der Waals surface area contributed by atoms with E-state index in [2.05, 4.69) is 0 Å². The molecular formula is C15H22O5. The molecule has 112 valence electrons. The minimum absolute atomic E-state index is 0.0902. The fourth-order valence-corrected chi connectivity index (χ4v) is 2.59. The molecular weight excluding hydrogens is 260 g/mol. The molecule has 1 fully saturated rings. The zero-order valence-electron chi connectivity index (χ0n) is 12.4. The van der Waals surface area contributed by atoms with E-state index in [1.54, 1.807) is 20.8 Å². The molecule has 0 amide bonds. The number of esters is 2. The van der Waals surface area contributed by atoms with E-state index in [-0.39, 0.29) is 18.8 Å². The molecule has 1 atom stereocenters. The first-order valence-electron chi connectivity index (χ1n) is 7.00. The Morgan fingerprint density at radius 3 is 2.40 bits per heavy atom. The SMILES string of the molecule is CCOC(=O)/C=C(/C)C[C@@]1(C(=O)OCC)CCCC1=O. The summed E-state index contributed by atoms with van der Waals surface area (Å²) < 4.78 is 9.88. The number of Topliss-reactive ketones (excluding diaryl/α,β-unsaturated/α-hetero) is 1. The molecule has 0 spiro atoms. The van der Waals surface area contributed by atoms with E-state index in [4.69, 9.17) is 9.47 Å². The van der Waals surface area contributed by atoms with E-state index in [0.29, 0.717) is 31.4 Å². The van der Waals surface area contributed by atoms with Gasteiger partial charge in [-0.2, -0.15) is 0 Å². The van der Waals surface area contributed by atoms with Gasteiger partial charge in [-0.1, -0.05) is 5.57 Å². The van der Waals surface area contributed by atoms with Gasteiger partial charge in [0.05, 0.1) is 13.2 Å². The van der Waals surface area contributed by atoms with Crippen LogP contribution in [0.15, 0.2) is 11.6 Å². The quantitative estimate of drug-likeness (QED) is 0.424. The van der Waals surface area contributed by atoms with Crippen molar-refractivity contribution in [3.05, 3.63) is 11.6 Å². The summed E-state index contributed by atoms with van der Waals surface area (Å²) in [5.41, 5.74) is -0.449. The fraction of sp³-hybridized carbons (Fsp3) is 0.667. The largest absolute Gasteiger partial charge is 0.465 e. The normalized spacial score (nSPS) is 22.8. The zero-order chi connectivity index (χ0) is 15.2. The van der Waals surface area contributed by atoms with Gasteiger partial charge in [0, 0.05) is 12.5 Å². The number of hydrogen-bond donors (Lipinski definition) is 0. The zero-order valence-corrected chi connectivity index (χ0v) is 12.4. The van der Waals surface area contributed by atoms with Gasteiger partial charge in [-0.25, -0.2) is 4.79 Å². The summed E-state index contributed by atoms with van der Waals surface area (Å²) in [5, 5.41) is 0. The molecule has 0 bridgehead atoms. The van der Waals surface area contributed by atoms with Crippen molar-refractivity contribution in [2.75, 3.05) is 13.2 Å². The second kappa shape index (κ2) is 7.22. The van der Waals surface area contributed by atoms with Crippen LogP contribution in [0, 0.1) is 5.41 Å². The van der Waals surface area contributed by atoms with Gasteiger partial charge in [-0.05, 0) is 40.0 Å². The fourth-order valence-electron chi connectivity index (χ4n) is 2.59. The molecule has 0 radical (unpaired) electrons. The molecule has 5 heteroatoms. The maximum absolute atomic E-state index is 12.1. The van der Waals surface area contributed by atoms with Gasteiger partial charge < -0.3 is 9.47 Å². The van der Waals surface area contributed by atoms with Gasteiger partial charge in [0.2, 0.25) is 0 Å². The van der Waals surface area contributed by atoms with Gasteiger partial charge in [-0.3, -0.25) is 9.59 Å². The Labute approximate surface area is 119 Å². The van der Waals surface area contributed by atoms with Crippen molar-refractivity contribution in [2.45, 2.75) is 46.5 Å². The molecule has 0 aromatic carbocycles. The molecule has 1 rings (SSSR count). The van der Waals surface area contributed by atoms with Crippen LogP contribution in [-0.2, 0) is 23.9 Å². The van der Waals surface area contributed by atoms with E-state index in [9.17, 15) is 14.4 Å². The highest BCUT2D eigenvalue weighted by Crippen LogP contribution is 2.41. The summed E-state index contributed by atoms with van der Waals surface area (Å²) in [6, 6.07) is 0. The molecule has 0 heterocycles. The molecule has 0 aliphatic heterocycles. The lowest BCUT2D eigenvalue weighted by Crippen LogP contribution is -2.37. The summed E-state index contributed by atoms with van der Waals surface area (Å²) in [7, 11) is 0. The topological polar surface area (TPSA) is 69.7 Å². The summed E-state index contributed by atoms with van der Waals surface area (Å²) in [6.07, 6.45) is 3.13. The Morgan fingerprint density at radius 2 is 1.90 bits per heavy atom. The van der Waals surface area contributed by atoms with Crippen molar-refractivity contribution in [3.8, 4) is 0 Å². The minimum atomic E-state index is -1.11. The molecule has 5 nitrogen and oxygen atoms in total. The third kappa shape index (κ3) is 3.68. The monoisotopic (exact) mass is 282 g/mol. The first kappa shape index (κ1) is 16.4. The van der Waals surface area contributed by atoms with Gasteiger partial charge in [0.15, 0.2) is 5.78 Å². The van der Waals surface area contributed by atoms with Crippen LogP contribution >= 0.6 is 0 Å². The van der Waals surface area contributed by atoms with Crippen LogP contribution in [-0.4, -0.2) is 30.9 Å². The third-order valence-electron chi connectivity index (χ3n) is 3.44. The summed E-state index contributed by atoms with van der Waals surface area (Å²) in [4.78, 5) is 35.7. The number of rotatable bonds is 6. The Bertz CT molecular complexity index is 424. The predicted molar refractivity (Wildman–Crippen MR) is 72.9 cm³/mol. The number of carbonyl (C=O) groups is 3. The number of carbonyl (C=O) groups excluding carboxylic acids is 3. The highest BCUT2D eigenvalue weighted by molar-refractivity contribution is 6.05. The average Bonchev–Trinajstić information content (AvgIpc) is 2.72. The minimum Gasteiger partial charge on any atom is -0.465 e. The van der Waals surface area contributed by atoms with Crippen molar-refractivity contribution in [3.63, 3.8) is 0 Å². The number of allylic oxidation sites excluding steroid dienone is 1. The first-order chi connectivity index (χ1) is 9.46. The lowest BCUT2D eigenvalue weighted by atomic mass is 9.79. The number of ether oxygens (including phenoxy) is 2. The van der Waals surface area contributed by atoms with Crippen molar-refractivity contribution >= 4 is 17.7 Å². The third-order valence-corrected chi connectivity index (χ3v) is 3.44. The molecule has 0 saturated heterocycles. The van der Waals surface area contributed by atoms with Gasteiger partial charge in [0.25, 0.3) is 0 Å². The van der Waals surface area contributed by atoms with E-state index < -0.39 is 17.4 Å². The summed E-state index contributed by atoms with van der Waals surface area (Å²) in [5.74, 6) is -1.01. The summed E-state index contributed by atoms with van der Waals surface area (Å²) >= 11 is 0. The van der Waals surface area contributed by atoms with Crippen molar-refractivity contribution < 1.29 is 23.9 Å². The van der Waals surface area contributed by atoms with Crippen LogP contribution in [0.1, 0.15) is 46.5 Å². The highest BCUT2D eigenvalue weighted by atomic mass is 16.5. The lowest BCUT2D eigenvalue weighted by Gasteiger charge is -2.25. The van der Waals surface area contributed by atoms with E-state index in [0.717, 1.165) is 0 Å². The molecule has 0 aromatic heterocycles. The number of ketones is 1. The second-order valence-electron chi connectivity index (χ2n) is 5.00. The Hall–Kier alpha value is -1.65. The molecule has 20 heavy (non-hydrogen) atoms. The molecule has 0 unspecified atom stereocenters. The maximum atomic E-state index is 12.1. The van der Waals surface area contributed by atoms with Crippen molar-refractivity contribution in [2.24, 2.45) is 5.41 Å². The molecule has 1 aliphatic rings. The summed E-state index contributed by atoms with van der Waals surface area (Å²) in [6.45, 7) is 5.70. The number of hydrogen-bond acceptors (Lipinski definition) is 5. The Balaban J connectivity index is 2.89. The molecule has 0 N–H and O–H groups in total. The van der Waals surface area contributed by atoms with Crippen LogP contribution in [0.3, 0.4) is 0 Å². The average molecular weight is 282 g/mol. The Kier molecular flexibility index (Phi) is 5.92. The maximum Gasteiger partial charge on any atom is 0.330 e. The first-order valence-corrected chi connectivity index (χ1v) is 7.00. The smallest absolute Gasteiger partial charge is 0.330 e. The second-order valence-corrected chi connectivity index (χ2v) is 5.00. The van der Waals surface area contributed by atoms with Crippen LogP contribution in [0.5, 0.6) is 0 Å². The van der Waals surface area contributed by atoms with Gasteiger partial charge in [-0.15, -0.1) is 0 Å². The van der Waals surface area contributed by atoms with Crippen LogP contribution in [0.2, 0.25) is 0 Å². The van der Waals surface area contributed by atoms with Crippen molar-refractivity contribution in [1.82, 2.24) is 0 Å². The predicted octanol–water partition coefficient (Wildman–Crippen LogP) is 2.19. The van der Waals surface area contributed by atoms with Crippen LogP contribution < -0.4 is 0 Å². The van der Waals surface area contributed by atoms with E-state index in [1.165, 1.54) is 6.08 Å². The molecule has 1 aliphatic carbocycles. The Morgan fingerprint density at radius 1 is 1.25 bits per heavy atom. The highest BCUT2D eigenvalue weighted by Gasteiger charge is 2.49. The molecule has 1 saturated carbocycles. The van der Waals surface area contributed by atoms with Gasteiger partial charge >= 0.3 is 11.9 Å². The van der Waals surface area contributed by atoms with Crippen molar-refractivity contribution in [1.29, 1.82) is 0 Å². The molecule has 0 aromatic rings. The van der Waals surface area contributed by atoms with Crippen LogP contribution in [0.25, 0.3) is 0 Å². The van der Waals surface area contributed by atoms with E-state index in [1.807, 2.05) is 0 Å².